The fourth-order valence-electron chi connectivity index (χ4n) is 1.82. The Bertz CT molecular complexity index is 629. The van der Waals surface area contributed by atoms with Crippen molar-refractivity contribution in [2.75, 3.05) is 0 Å². The number of rotatable bonds is 2. The highest BCUT2D eigenvalue weighted by molar-refractivity contribution is 5.88. The minimum absolute atomic E-state index is 0.754. The molecule has 0 amide bonds. The van der Waals surface area contributed by atoms with Gasteiger partial charge < -0.3 is 4.74 Å². The molecule has 2 nitrogen and oxygen atoms in total. The van der Waals surface area contributed by atoms with E-state index in [-0.39, 0.29) is 0 Å². The van der Waals surface area contributed by atoms with Crippen LogP contribution in [0, 0.1) is 0 Å². The van der Waals surface area contributed by atoms with Crippen molar-refractivity contribution in [1.29, 1.82) is 0 Å². The van der Waals surface area contributed by atoms with Crippen LogP contribution in [0.1, 0.15) is 0 Å². The van der Waals surface area contributed by atoms with Crippen LogP contribution in [0.4, 0.5) is 0 Å². The fourth-order valence-corrected chi connectivity index (χ4v) is 1.82. The monoisotopic (exact) mass is 221 g/mol. The Morgan fingerprint density at radius 1 is 0.824 bits per heavy atom. The van der Waals surface area contributed by atoms with E-state index in [0.717, 1.165) is 16.9 Å². The van der Waals surface area contributed by atoms with Gasteiger partial charge in [0, 0.05) is 11.6 Å². The standard InChI is InChI=1S/C15H11NO/c1-2-8-14-12(5-1)6-3-9-15(14)17-13-7-4-10-16-11-13/h1-11H. The second kappa shape index (κ2) is 4.26. The van der Waals surface area contributed by atoms with Gasteiger partial charge in [-0.15, -0.1) is 0 Å². The molecule has 1 heterocycles. The van der Waals surface area contributed by atoms with Crippen molar-refractivity contribution in [3.05, 3.63) is 67.0 Å². The zero-order valence-electron chi connectivity index (χ0n) is 9.21. The number of hydrogen-bond donors (Lipinski definition) is 0. The molecule has 3 rings (SSSR count). The molecule has 2 heteroatoms. The first-order chi connectivity index (χ1) is 8.43. The maximum absolute atomic E-state index is 5.83. The van der Waals surface area contributed by atoms with Gasteiger partial charge >= 0.3 is 0 Å². The highest BCUT2D eigenvalue weighted by Gasteiger charge is 2.02. The van der Waals surface area contributed by atoms with Crippen LogP contribution in [-0.2, 0) is 0 Å². The number of aromatic nitrogens is 1. The number of pyridine rings is 1. The van der Waals surface area contributed by atoms with Gasteiger partial charge in [-0.1, -0.05) is 36.4 Å². The van der Waals surface area contributed by atoms with E-state index in [0.29, 0.717) is 0 Å². The van der Waals surface area contributed by atoms with E-state index >= 15 is 0 Å². The molecule has 0 radical (unpaired) electrons. The summed E-state index contributed by atoms with van der Waals surface area (Å²) in [5.74, 6) is 1.61. The molecular weight excluding hydrogens is 210 g/mol. The van der Waals surface area contributed by atoms with E-state index in [1.165, 1.54) is 5.39 Å². The summed E-state index contributed by atoms with van der Waals surface area (Å²) in [4.78, 5) is 4.04. The molecular formula is C15H11NO. The summed E-state index contributed by atoms with van der Waals surface area (Å²) in [5.41, 5.74) is 0. The van der Waals surface area contributed by atoms with E-state index in [2.05, 4.69) is 23.2 Å². The number of ether oxygens (including phenoxy) is 1. The fraction of sp³-hybridized carbons (Fsp3) is 0. The van der Waals surface area contributed by atoms with Gasteiger partial charge in [-0.3, -0.25) is 4.98 Å². The predicted molar refractivity (Wildman–Crippen MR) is 68.3 cm³/mol. The van der Waals surface area contributed by atoms with Crippen molar-refractivity contribution in [3.63, 3.8) is 0 Å². The summed E-state index contributed by atoms with van der Waals surface area (Å²) >= 11 is 0. The van der Waals surface area contributed by atoms with Crippen molar-refractivity contribution in [2.45, 2.75) is 0 Å². The van der Waals surface area contributed by atoms with Crippen LogP contribution >= 0.6 is 0 Å². The number of fused-ring (bicyclic) bond motifs is 1. The highest BCUT2D eigenvalue weighted by atomic mass is 16.5. The van der Waals surface area contributed by atoms with Crippen LogP contribution < -0.4 is 4.74 Å². The Balaban J connectivity index is 2.06. The quantitative estimate of drug-likeness (QED) is 0.651. The summed E-state index contributed by atoms with van der Waals surface area (Å²) in [5, 5.41) is 2.28. The third-order valence-electron chi connectivity index (χ3n) is 2.61. The van der Waals surface area contributed by atoms with E-state index in [1.54, 1.807) is 12.4 Å². The first-order valence-electron chi connectivity index (χ1n) is 5.49. The van der Waals surface area contributed by atoms with Gasteiger partial charge in [0.2, 0.25) is 0 Å². The van der Waals surface area contributed by atoms with Crippen LogP contribution in [0.2, 0.25) is 0 Å². The van der Waals surface area contributed by atoms with Crippen LogP contribution in [0.5, 0.6) is 11.5 Å². The molecule has 0 atom stereocenters. The van der Waals surface area contributed by atoms with Gasteiger partial charge in [-0.05, 0) is 23.6 Å². The van der Waals surface area contributed by atoms with Crippen molar-refractivity contribution >= 4 is 10.8 Å². The molecule has 0 bridgehead atoms. The lowest BCUT2D eigenvalue weighted by molar-refractivity contribution is 0.486. The highest BCUT2D eigenvalue weighted by Crippen LogP contribution is 2.29. The molecule has 0 aliphatic rings. The lowest BCUT2D eigenvalue weighted by atomic mass is 10.1. The van der Waals surface area contributed by atoms with E-state index in [4.69, 9.17) is 4.74 Å². The van der Waals surface area contributed by atoms with Gasteiger partial charge in [0.05, 0.1) is 6.20 Å². The lowest BCUT2D eigenvalue weighted by Crippen LogP contribution is -1.86. The SMILES string of the molecule is c1cncc(Oc2cccc3ccccc23)c1. The number of nitrogens with zero attached hydrogens (tertiary/aromatic N) is 1. The minimum atomic E-state index is 0.754. The van der Waals surface area contributed by atoms with E-state index in [9.17, 15) is 0 Å². The van der Waals surface area contributed by atoms with Crippen LogP contribution in [0.3, 0.4) is 0 Å². The summed E-state index contributed by atoms with van der Waals surface area (Å²) in [6.45, 7) is 0. The Morgan fingerprint density at radius 2 is 1.71 bits per heavy atom. The topological polar surface area (TPSA) is 22.1 Å². The van der Waals surface area contributed by atoms with Gasteiger partial charge in [-0.2, -0.15) is 0 Å². The molecule has 0 aliphatic heterocycles. The van der Waals surface area contributed by atoms with E-state index < -0.39 is 0 Å². The van der Waals surface area contributed by atoms with Gasteiger partial charge in [0.25, 0.3) is 0 Å². The second-order valence-corrected chi connectivity index (χ2v) is 3.77. The predicted octanol–water partition coefficient (Wildman–Crippen LogP) is 4.03. The third kappa shape index (κ3) is 1.97. The zero-order chi connectivity index (χ0) is 11.5. The molecule has 0 saturated carbocycles. The van der Waals surface area contributed by atoms with Gasteiger partial charge in [-0.25, -0.2) is 0 Å². The van der Waals surface area contributed by atoms with E-state index in [1.807, 2.05) is 36.4 Å². The molecule has 3 aromatic rings. The van der Waals surface area contributed by atoms with Crippen molar-refractivity contribution in [3.8, 4) is 11.5 Å². The summed E-state index contributed by atoms with van der Waals surface area (Å²) in [7, 11) is 0. The molecule has 82 valence electrons. The third-order valence-corrected chi connectivity index (χ3v) is 2.61. The molecule has 17 heavy (non-hydrogen) atoms. The molecule has 0 fully saturated rings. The summed E-state index contributed by atoms with van der Waals surface area (Å²) in [6.07, 6.45) is 3.44. The van der Waals surface area contributed by atoms with Crippen molar-refractivity contribution in [1.82, 2.24) is 4.98 Å². The first kappa shape index (κ1) is 9.85. The molecule has 0 unspecified atom stereocenters. The molecule has 1 aromatic heterocycles. The maximum Gasteiger partial charge on any atom is 0.145 e. The van der Waals surface area contributed by atoms with Crippen LogP contribution in [0.25, 0.3) is 10.8 Å². The Hall–Kier alpha value is -2.35. The number of benzene rings is 2. The van der Waals surface area contributed by atoms with Gasteiger partial charge in [0.15, 0.2) is 0 Å². The molecule has 0 saturated heterocycles. The smallest absolute Gasteiger partial charge is 0.145 e. The Labute approximate surface area is 99.5 Å². The Morgan fingerprint density at radius 3 is 2.59 bits per heavy atom. The van der Waals surface area contributed by atoms with Crippen LogP contribution in [0.15, 0.2) is 67.0 Å². The van der Waals surface area contributed by atoms with Crippen molar-refractivity contribution < 1.29 is 4.74 Å². The largest absolute Gasteiger partial charge is 0.455 e. The second-order valence-electron chi connectivity index (χ2n) is 3.77. The van der Waals surface area contributed by atoms with Crippen molar-refractivity contribution in [2.24, 2.45) is 0 Å². The minimum Gasteiger partial charge on any atom is -0.455 e. The van der Waals surface area contributed by atoms with Gasteiger partial charge in [0.1, 0.15) is 11.5 Å². The zero-order valence-corrected chi connectivity index (χ0v) is 9.21. The first-order valence-corrected chi connectivity index (χ1v) is 5.49. The average Bonchev–Trinajstić information content (AvgIpc) is 2.40. The molecule has 0 N–H and O–H groups in total. The summed E-state index contributed by atoms with van der Waals surface area (Å²) in [6, 6.07) is 18.0. The average molecular weight is 221 g/mol. The lowest BCUT2D eigenvalue weighted by Gasteiger charge is -2.08. The van der Waals surface area contributed by atoms with Crippen LogP contribution in [-0.4, -0.2) is 4.98 Å². The summed E-state index contributed by atoms with van der Waals surface area (Å²) < 4.78 is 5.83. The molecule has 2 aromatic carbocycles. The normalized spacial score (nSPS) is 10.4. The Kier molecular flexibility index (Phi) is 2.47. The maximum atomic E-state index is 5.83. The molecule has 0 aliphatic carbocycles. The molecule has 0 spiro atoms. The number of hydrogen-bond acceptors (Lipinski definition) is 2.